The van der Waals surface area contributed by atoms with E-state index in [9.17, 15) is 0 Å². The summed E-state index contributed by atoms with van der Waals surface area (Å²) in [6.45, 7) is 1.92. The van der Waals surface area contributed by atoms with Crippen LogP contribution >= 0.6 is 12.0 Å². The van der Waals surface area contributed by atoms with Crippen LogP contribution < -0.4 is 10.1 Å². The van der Waals surface area contributed by atoms with Crippen molar-refractivity contribution in [3.63, 3.8) is 0 Å². The van der Waals surface area contributed by atoms with Crippen molar-refractivity contribution >= 4 is 28.5 Å². The van der Waals surface area contributed by atoms with E-state index < -0.39 is 0 Å². The molecule has 19 heavy (non-hydrogen) atoms. The van der Waals surface area contributed by atoms with Crippen LogP contribution in [0.1, 0.15) is 5.56 Å². The van der Waals surface area contributed by atoms with Crippen molar-refractivity contribution in [1.82, 2.24) is 0 Å². The van der Waals surface area contributed by atoms with Gasteiger partial charge in [-0.1, -0.05) is 11.1 Å². The molecule has 6 heteroatoms. The molecule has 0 atom stereocenters. The van der Waals surface area contributed by atoms with Gasteiger partial charge in [-0.3, -0.25) is 0 Å². The summed E-state index contributed by atoms with van der Waals surface area (Å²) in [5.41, 5.74) is 1.94. The largest absolute Gasteiger partial charge is 0.496 e. The Labute approximate surface area is 115 Å². The van der Waals surface area contributed by atoms with Gasteiger partial charge in [-0.05, 0) is 30.5 Å². The molecule has 0 heterocycles. The van der Waals surface area contributed by atoms with Gasteiger partial charge >= 0.3 is 0 Å². The van der Waals surface area contributed by atoms with Crippen LogP contribution in [-0.4, -0.2) is 19.4 Å². The van der Waals surface area contributed by atoms with E-state index in [1.807, 2.05) is 38.2 Å². The summed E-state index contributed by atoms with van der Waals surface area (Å²) in [5, 5.41) is 17.0. The Morgan fingerprint density at radius 1 is 1.26 bits per heavy atom. The van der Waals surface area contributed by atoms with Crippen LogP contribution in [-0.2, 0) is 9.37 Å². The molecule has 0 bridgehead atoms. The lowest BCUT2D eigenvalue weighted by atomic mass is 10.1. The highest BCUT2D eigenvalue weighted by Gasteiger charge is 2.12. The lowest BCUT2D eigenvalue weighted by Crippen LogP contribution is -1.94. The fraction of sp³-hybridized carbons (Fsp3) is 0.231. The zero-order valence-electron chi connectivity index (χ0n) is 10.9. The van der Waals surface area contributed by atoms with Crippen LogP contribution in [0.15, 0.2) is 29.2 Å². The highest BCUT2D eigenvalue weighted by Crippen LogP contribution is 2.38. The highest BCUT2D eigenvalue weighted by atomic mass is 32.2. The highest BCUT2D eigenvalue weighted by molar-refractivity contribution is 7.94. The number of methoxy groups -OCH3 is 1. The number of hydrogen-bond acceptors (Lipinski definition) is 6. The van der Waals surface area contributed by atoms with Crippen LogP contribution in [0.3, 0.4) is 0 Å². The molecule has 5 nitrogen and oxygen atoms in total. The quantitative estimate of drug-likeness (QED) is 0.496. The average Bonchev–Trinajstić information content (AvgIpc) is 2.44. The van der Waals surface area contributed by atoms with Crippen molar-refractivity contribution in [3.8, 4) is 5.75 Å². The molecule has 2 aromatic rings. The summed E-state index contributed by atoms with van der Waals surface area (Å²) in [6.07, 6.45) is 0. The molecular weight excluding hydrogens is 266 g/mol. The summed E-state index contributed by atoms with van der Waals surface area (Å²) >= 11 is 0.934. The Kier molecular flexibility index (Phi) is 4.49. The second kappa shape index (κ2) is 6.12. The van der Waals surface area contributed by atoms with Crippen LogP contribution in [0, 0.1) is 6.92 Å². The summed E-state index contributed by atoms with van der Waals surface area (Å²) < 4.78 is 9.98. The maximum atomic E-state index is 8.24. The molecule has 2 N–H and O–H groups in total. The molecule has 0 aliphatic carbocycles. The maximum Gasteiger partial charge on any atom is 0.130 e. The summed E-state index contributed by atoms with van der Waals surface area (Å²) in [7, 11) is 3.50. The molecule has 0 unspecified atom stereocenters. The number of anilines is 1. The van der Waals surface area contributed by atoms with E-state index in [2.05, 4.69) is 14.7 Å². The van der Waals surface area contributed by atoms with Gasteiger partial charge in [0.2, 0.25) is 0 Å². The Morgan fingerprint density at radius 3 is 2.68 bits per heavy atom. The van der Waals surface area contributed by atoms with Crippen molar-refractivity contribution in [2.45, 2.75) is 11.8 Å². The Balaban J connectivity index is 2.60. The van der Waals surface area contributed by atoms with E-state index in [4.69, 9.17) is 9.99 Å². The first-order chi connectivity index (χ1) is 9.21. The van der Waals surface area contributed by atoms with Gasteiger partial charge in [0.25, 0.3) is 0 Å². The summed E-state index contributed by atoms with van der Waals surface area (Å²) in [6, 6.07) is 7.96. The molecule has 0 spiro atoms. The second-order valence-corrected chi connectivity index (χ2v) is 4.69. The molecule has 2 aromatic carbocycles. The molecule has 0 fully saturated rings. The normalized spacial score (nSPS) is 10.7. The number of hydrogen-bond donors (Lipinski definition) is 2. The predicted molar refractivity (Wildman–Crippen MR) is 75.4 cm³/mol. The summed E-state index contributed by atoms with van der Waals surface area (Å²) in [4.78, 5) is 0.815. The van der Waals surface area contributed by atoms with Crippen LogP contribution in [0.25, 0.3) is 10.8 Å². The number of benzene rings is 2. The third kappa shape index (κ3) is 2.76. The molecule has 0 radical (unpaired) electrons. The van der Waals surface area contributed by atoms with Gasteiger partial charge < -0.3 is 10.1 Å². The minimum absolute atomic E-state index is 0.777. The minimum Gasteiger partial charge on any atom is -0.496 e. The molecule has 0 aromatic heterocycles. The van der Waals surface area contributed by atoms with Crippen molar-refractivity contribution in [3.05, 3.63) is 29.8 Å². The molecule has 0 aliphatic rings. The van der Waals surface area contributed by atoms with Gasteiger partial charge in [-0.15, -0.1) is 4.33 Å². The Morgan fingerprint density at radius 2 is 2.05 bits per heavy atom. The monoisotopic (exact) mass is 281 g/mol. The summed E-state index contributed by atoms with van der Waals surface area (Å²) in [5.74, 6) is 0.777. The van der Waals surface area contributed by atoms with E-state index in [0.29, 0.717) is 0 Å². The number of fused-ring (bicyclic) bond motifs is 1. The van der Waals surface area contributed by atoms with Gasteiger partial charge in [-0.25, -0.2) is 5.26 Å². The fourth-order valence-electron chi connectivity index (χ4n) is 2.00. The van der Waals surface area contributed by atoms with Gasteiger partial charge in [0.05, 0.1) is 19.2 Å². The van der Waals surface area contributed by atoms with E-state index in [1.54, 1.807) is 7.11 Å². The van der Waals surface area contributed by atoms with Crippen molar-refractivity contribution in [2.24, 2.45) is 0 Å². The van der Waals surface area contributed by atoms with Gasteiger partial charge in [0, 0.05) is 28.6 Å². The zero-order valence-corrected chi connectivity index (χ0v) is 11.7. The third-order valence-electron chi connectivity index (χ3n) is 2.94. The zero-order chi connectivity index (χ0) is 13.8. The lowest BCUT2D eigenvalue weighted by Gasteiger charge is -2.13. The first-order valence-corrected chi connectivity index (χ1v) is 6.39. The van der Waals surface area contributed by atoms with Gasteiger partial charge in [-0.2, -0.15) is 0 Å². The number of rotatable bonds is 5. The second-order valence-electron chi connectivity index (χ2n) is 3.94. The predicted octanol–water partition coefficient (Wildman–Crippen LogP) is 3.63. The SMILES string of the molecule is CNc1ccc2cc(SOOO)c(C)c(OC)c2c1. The van der Waals surface area contributed by atoms with E-state index in [1.165, 1.54) is 0 Å². The standard InChI is InChI=1S/C13H15NO4S/c1-8-12(19-18-17-15)6-9-4-5-10(14-2)7-11(9)13(8)16-3/h4-7,14-15H,1-3H3. The average molecular weight is 281 g/mol. The van der Waals surface area contributed by atoms with Crippen molar-refractivity contribution in [2.75, 3.05) is 19.5 Å². The van der Waals surface area contributed by atoms with E-state index in [-0.39, 0.29) is 0 Å². The van der Waals surface area contributed by atoms with Gasteiger partial charge in [0.1, 0.15) is 5.75 Å². The molecule has 0 aliphatic heterocycles. The molecule has 0 saturated heterocycles. The van der Waals surface area contributed by atoms with Crippen molar-refractivity contribution in [1.29, 1.82) is 0 Å². The lowest BCUT2D eigenvalue weighted by molar-refractivity contribution is -0.432. The van der Waals surface area contributed by atoms with E-state index >= 15 is 0 Å². The molecule has 102 valence electrons. The molecule has 0 saturated carbocycles. The Hall–Kier alpha value is -1.47. The minimum atomic E-state index is 0.777. The molecule has 2 rings (SSSR count). The van der Waals surface area contributed by atoms with E-state index in [0.717, 1.165) is 44.7 Å². The topological polar surface area (TPSA) is 60.0 Å². The maximum absolute atomic E-state index is 8.24. The van der Waals surface area contributed by atoms with Crippen LogP contribution in [0.5, 0.6) is 5.75 Å². The molecule has 0 amide bonds. The van der Waals surface area contributed by atoms with Crippen molar-refractivity contribution < 1.29 is 19.4 Å². The first kappa shape index (κ1) is 14.0. The molecular formula is C13H15NO4S. The fourth-order valence-corrected chi connectivity index (χ4v) is 2.50. The number of nitrogens with one attached hydrogen (secondary N) is 1. The smallest absolute Gasteiger partial charge is 0.130 e. The third-order valence-corrected chi connectivity index (χ3v) is 3.67. The Bertz CT molecular complexity index is 588. The number of ether oxygens (including phenoxy) is 1. The van der Waals surface area contributed by atoms with Gasteiger partial charge in [0.15, 0.2) is 0 Å². The van der Waals surface area contributed by atoms with Crippen LogP contribution in [0.4, 0.5) is 5.69 Å². The first-order valence-electron chi connectivity index (χ1n) is 5.65. The van der Waals surface area contributed by atoms with Crippen LogP contribution in [0.2, 0.25) is 0 Å².